The average Bonchev–Trinajstić information content (AvgIpc) is 2.51. The van der Waals surface area contributed by atoms with Gasteiger partial charge in [0.05, 0.1) is 6.33 Å². The van der Waals surface area contributed by atoms with Gasteiger partial charge >= 0.3 is 0 Å². The molecule has 1 aromatic heterocycles. The van der Waals surface area contributed by atoms with E-state index in [1.165, 1.54) is 0 Å². The molecule has 0 amide bonds. The van der Waals surface area contributed by atoms with E-state index >= 15 is 0 Å². The summed E-state index contributed by atoms with van der Waals surface area (Å²) in [6.07, 6.45) is 7.85. The van der Waals surface area contributed by atoms with Crippen molar-refractivity contribution < 1.29 is 4.39 Å². The molecule has 0 radical (unpaired) electrons. The third-order valence-corrected chi connectivity index (χ3v) is 3.64. The van der Waals surface area contributed by atoms with Gasteiger partial charge < -0.3 is 4.57 Å². The Morgan fingerprint density at radius 1 is 1.23 bits per heavy atom. The Hall–Kier alpha value is -0.860. The Labute approximate surface area is 76.8 Å². The minimum absolute atomic E-state index is 0.377. The van der Waals surface area contributed by atoms with Gasteiger partial charge in [0.1, 0.15) is 6.17 Å². The molecule has 1 aromatic rings. The van der Waals surface area contributed by atoms with E-state index in [-0.39, 0.29) is 0 Å². The summed E-state index contributed by atoms with van der Waals surface area (Å²) < 4.78 is 15.5. The van der Waals surface area contributed by atoms with E-state index in [2.05, 4.69) is 9.55 Å². The van der Waals surface area contributed by atoms with Gasteiger partial charge in [0.25, 0.3) is 0 Å². The van der Waals surface area contributed by atoms with Crippen molar-refractivity contribution in [1.29, 1.82) is 0 Å². The minimum Gasteiger partial charge on any atom is -0.334 e. The van der Waals surface area contributed by atoms with Crippen molar-refractivity contribution >= 4 is 0 Å². The second kappa shape index (κ2) is 2.56. The molecule has 0 aromatic carbocycles. The molecule has 0 saturated heterocycles. The highest BCUT2D eigenvalue weighted by Gasteiger charge is 2.46. The third-order valence-electron chi connectivity index (χ3n) is 3.64. The Kier molecular flexibility index (Phi) is 1.49. The largest absolute Gasteiger partial charge is 0.334 e. The normalized spacial score (nSPS) is 42.8. The molecule has 2 nitrogen and oxygen atoms in total. The van der Waals surface area contributed by atoms with Crippen LogP contribution in [0.15, 0.2) is 18.7 Å². The topological polar surface area (TPSA) is 17.8 Å². The van der Waals surface area contributed by atoms with E-state index in [1.807, 2.05) is 12.5 Å². The van der Waals surface area contributed by atoms with Gasteiger partial charge in [0.2, 0.25) is 0 Å². The summed E-state index contributed by atoms with van der Waals surface area (Å²) in [7, 11) is 0. The fourth-order valence-corrected chi connectivity index (χ4v) is 2.76. The maximum absolute atomic E-state index is 13.4. The standard InChI is InChI=1S/C10H13FN2/c11-9-5-10(8-3-7(9)4-8)13-2-1-12-6-13/h1-2,6-10H,3-5H2. The lowest BCUT2D eigenvalue weighted by Gasteiger charge is -2.48. The Balaban J connectivity index is 1.84. The molecule has 3 aliphatic carbocycles. The predicted octanol–water partition coefficient (Wildman–Crippen LogP) is 2.19. The van der Waals surface area contributed by atoms with Crippen molar-refractivity contribution in [2.45, 2.75) is 31.5 Å². The molecule has 0 N–H and O–H groups in total. The summed E-state index contributed by atoms with van der Waals surface area (Å²) in [6, 6.07) is 0.377. The van der Waals surface area contributed by atoms with Crippen LogP contribution in [0.1, 0.15) is 25.3 Å². The lowest BCUT2D eigenvalue weighted by atomic mass is 9.62. The van der Waals surface area contributed by atoms with Crippen molar-refractivity contribution in [1.82, 2.24) is 9.55 Å². The fraction of sp³-hybridized carbons (Fsp3) is 0.700. The molecule has 2 atom stereocenters. The first-order valence-corrected chi connectivity index (χ1v) is 4.96. The molecule has 70 valence electrons. The second-order valence-corrected chi connectivity index (χ2v) is 4.32. The summed E-state index contributed by atoms with van der Waals surface area (Å²) in [5.74, 6) is 1.09. The summed E-state index contributed by atoms with van der Waals surface area (Å²) >= 11 is 0. The van der Waals surface area contributed by atoms with E-state index in [4.69, 9.17) is 0 Å². The number of aromatic nitrogens is 2. The Morgan fingerprint density at radius 2 is 2.08 bits per heavy atom. The van der Waals surface area contributed by atoms with E-state index in [0.29, 0.717) is 24.3 Å². The highest BCUT2D eigenvalue weighted by atomic mass is 19.1. The molecule has 2 bridgehead atoms. The maximum Gasteiger partial charge on any atom is 0.105 e. The first kappa shape index (κ1) is 7.54. The zero-order chi connectivity index (χ0) is 8.84. The quantitative estimate of drug-likeness (QED) is 0.647. The van der Waals surface area contributed by atoms with E-state index in [1.54, 1.807) is 6.20 Å². The van der Waals surface area contributed by atoms with Crippen molar-refractivity contribution in [2.24, 2.45) is 11.8 Å². The molecule has 3 aliphatic rings. The number of hydrogen-bond donors (Lipinski definition) is 0. The second-order valence-electron chi connectivity index (χ2n) is 4.32. The zero-order valence-corrected chi connectivity index (χ0v) is 7.44. The first-order valence-electron chi connectivity index (χ1n) is 4.96. The zero-order valence-electron chi connectivity index (χ0n) is 7.44. The molecule has 3 saturated carbocycles. The van der Waals surface area contributed by atoms with Crippen LogP contribution in [0, 0.1) is 11.8 Å². The molecule has 3 heteroatoms. The molecular weight excluding hydrogens is 167 g/mol. The van der Waals surface area contributed by atoms with Gasteiger partial charge in [-0.15, -0.1) is 0 Å². The molecule has 3 fully saturated rings. The van der Waals surface area contributed by atoms with Crippen molar-refractivity contribution in [3.8, 4) is 0 Å². The molecule has 4 rings (SSSR count). The van der Waals surface area contributed by atoms with Crippen LogP contribution in [-0.2, 0) is 0 Å². The molecular formula is C10H13FN2. The number of hydrogen-bond acceptors (Lipinski definition) is 1. The van der Waals surface area contributed by atoms with E-state index in [0.717, 1.165) is 12.8 Å². The van der Waals surface area contributed by atoms with Crippen LogP contribution in [0.25, 0.3) is 0 Å². The van der Waals surface area contributed by atoms with Crippen LogP contribution in [0.5, 0.6) is 0 Å². The fourth-order valence-electron chi connectivity index (χ4n) is 2.76. The summed E-state index contributed by atoms with van der Waals surface area (Å²) in [6.45, 7) is 0. The first-order chi connectivity index (χ1) is 6.34. The van der Waals surface area contributed by atoms with Crippen molar-refractivity contribution in [2.75, 3.05) is 0 Å². The summed E-state index contributed by atoms with van der Waals surface area (Å²) in [4.78, 5) is 4.01. The van der Waals surface area contributed by atoms with E-state index < -0.39 is 6.17 Å². The van der Waals surface area contributed by atoms with Gasteiger partial charge in [0, 0.05) is 18.4 Å². The van der Waals surface area contributed by atoms with Crippen molar-refractivity contribution in [3.05, 3.63) is 18.7 Å². The van der Waals surface area contributed by atoms with Crippen LogP contribution in [-0.4, -0.2) is 15.7 Å². The van der Waals surface area contributed by atoms with Gasteiger partial charge in [-0.2, -0.15) is 0 Å². The summed E-state index contributed by atoms with van der Waals surface area (Å²) in [5, 5.41) is 0. The van der Waals surface area contributed by atoms with Crippen LogP contribution in [0.4, 0.5) is 4.39 Å². The Bertz CT molecular complexity index is 290. The van der Waals surface area contributed by atoms with Gasteiger partial charge in [-0.3, -0.25) is 0 Å². The van der Waals surface area contributed by atoms with Crippen LogP contribution in [0.3, 0.4) is 0 Å². The van der Waals surface area contributed by atoms with Gasteiger partial charge in [-0.1, -0.05) is 0 Å². The molecule has 13 heavy (non-hydrogen) atoms. The Morgan fingerprint density at radius 3 is 2.69 bits per heavy atom. The van der Waals surface area contributed by atoms with Crippen LogP contribution >= 0.6 is 0 Å². The lowest BCUT2D eigenvalue weighted by molar-refractivity contribution is -0.0173. The SMILES string of the molecule is FC1CC(n2ccnc2)C2CC1C2. The number of alkyl halides is 1. The molecule has 0 spiro atoms. The van der Waals surface area contributed by atoms with E-state index in [9.17, 15) is 4.39 Å². The molecule has 1 heterocycles. The number of halogens is 1. The average molecular weight is 180 g/mol. The summed E-state index contributed by atoms with van der Waals surface area (Å²) in [5.41, 5.74) is 0. The lowest BCUT2D eigenvalue weighted by Crippen LogP contribution is -2.44. The van der Waals surface area contributed by atoms with Crippen LogP contribution in [0.2, 0.25) is 0 Å². The van der Waals surface area contributed by atoms with Gasteiger partial charge in [0.15, 0.2) is 0 Å². The number of nitrogens with zero attached hydrogens (tertiary/aromatic N) is 2. The third kappa shape index (κ3) is 1.02. The monoisotopic (exact) mass is 180 g/mol. The van der Waals surface area contributed by atoms with Crippen molar-refractivity contribution in [3.63, 3.8) is 0 Å². The number of fused-ring (bicyclic) bond motifs is 2. The highest BCUT2D eigenvalue weighted by Crippen LogP contribution is 2.52. The van der Waals surface area contributed by atoms with Crippen LogP contribution < -0.4 is 0 Å². The smallest absolute Gasteiger partial charge is 0.105 e. The minimum atomic E-state index is -0.572. The highest BCUT2D eigenvalue weighted by molar-refractivity contribution is 4.99. The molecule has 0 aliphatic heterocycles. The predicted molar refractivity (Wildman–Crippen MR) is 47.0 cm³/mol. The maximum atomic E-state index is 13.4. The van der Waals surface area contributed by atoms with Gasteiger partial charge in [-0.25, -0.2) is 9.37 Å². The van der Waals surface area contributed by atoms with Gasteiger partial charge in [-0.05, 0) is 31.1 Å². The number of imidazole rings is 1. The molecule has 2 unspecified atom stereocenters. The number of rotatable bonds is 1.